The number of amides is 1. The Labute approximate surface area is 111 Å². The average Bonchev–Trinajstić information content (AvgIpc) is 2.78. The number of hydrogen-bond donors (Lipinski definition) is 2. The van der Waals surface area contributed by atoms with E-state index in [1.54, 1.807) is 17.5 Å². The van der Waals surface area contributed by atoms with Crippen LogP contribution < -0.4 is 5.32 Å². The van der Waals surface area contributed by atoms with Gasteiger partial charge in [0.1, 0.15) is 6.04 Å². The van der Waals surface area contributed by atoms with E-state index in [4.69, 9.17) is 5.11 Å². The van der Waals surface area contributed by atoms with Crippen molar-refractivity contribution in [2.75, 3.05) is 0 Å². The van der Waals surface area contributed by atoms with Gasteiger partial charge in [-0.1, -0.05) is 6.07 Å². The molecule has 19 heavy (non-hydrogen) atoms. The summed E-state index contributed by atoms with van der Waals surface area (Å²) in [6.07, 6.45) is -6.24. The Bertz CT molecular complexity index is 445. The van der Waals surface area contributed by atoms with Crippen LogP contribution in [-0.2, 0) is 9.59 Å². The van der Waals surface area contributed by atoms with Crippen molar-refractivity contribution in [3.05, 3.63) is 22.4 Å². The second-order valence-electron chi connectivity index (χ2n) is 3.96. The molecule has 0 spiro atoms. The minimum atomic E-state index is -4.65. The molecule has 0 aliphatic rings. The Morgan fingerprint density at radius 3 is 2.53 bits per heavy atom. The third-order valence-corrected chi connectivity index (χ3v) is 3.47. The first-order valence-electron chi connectivity index (χ1n) is 5.34. The minimum absolute atomic E-state index is 0.661. The lowest BCUT2D eigenvalue weighted by Gasteiger charge is -2.18. The SMILES string of the molecule is CC(C(=O)NC(CC(F)(F)F)C(=O)O)c1cccs1. The molecular weight excluding hydrogens is 283 g/mol. The van der Waals surface area contributed by atoms with Crippen molar-refractivity contribution >= 4 is 23.2 Å². The molecule has 2 N–H and O–H groups in total. The second kappa shape index (κ2) is 6.05. The Hall–Kier alpha value is -1.57. The van der Waals surface area contributed by atoms with Crippen LogP contribution in [0.15, 0.2) is 17.5 Å². The van der Waals surface area contributed by atoms with Gasteiger partial charge < -0.3 is 10.4 Å². The van der Waals surface area contributed by atoms with Crippen molar-refractivity contribution < 1.29 is 27.9 Å². The molecule has 1 heterocycles. The Balaban J connectivity index is 2.69. The highest BCUT2D eigenvalue weighted by Crippen LogP contribution is 2.24. The van der Waals surface area contributed by atoms with E-state index >= 15 is 0 Å². The molecule has 2 atom stereocenters. The molecule has 0 aromatic carbocycles. The summed E-state index contributed by atoms with van der Waals surface area (Å²) in [6.45, 7) is 1.51. The van der Waals surface area contributed by atoms with Crippen molar-refractivity contribution in [2.45, 2.75) is 31.5 Å². The smallest absolute Gasteiger partial charge is 0.391 e. The first kappa shape index (κ1) is 15.5. The number of carboxylic acids is 1. The van der Waals surface area contributed by atoms with Gasteiger partial charge in [-0.05, 0) is 18.4 Å². The number of nitrogens with one attached hydrogen (secondary N) is 1. The van der Waals surface area contributed by atoms with Gasteiger partial charge in [-0.2, -0.15) is 13.2 Å². The molecular formula is C11H12F3NO3S. The van der Waals surface area contributed by atoms with E-state index in [9.17, 15) is 22.8 Å². The monoisotopic (exact) mass is 295 g/mol. The predicted octanol–water partition coefficient (Wildman–Crippen LogP) is 2.37. The molecule has 4 nitrogen and oxygen atoms in total. The summed E-state index contributed by atoms with van der Waals surface area (Å²) < 4.78 is 36.5. The van der Waals surface area contributed by atoms with Crippen molar-refractivity contribution in [1.82, 2.24) is 5.32 Å². The summed E-state index contributed by atoms with van der Waals surface area (Å²) in [5, 5.41) is 12.3. The number of carboxylic acid groups (broad SMARTS) is 1. The fourth-order valence-electron chi connectivity index (χ4n) is 1.40. The summed E-state index contributed by atoms with van der Waals surface area (Å²) >= 11 is 1.28. The number of thiophene rings is 1. The second-order valence-corrected chi connectivity index (χ2v) is 4.94. The summed E-state index contributed by atoms with van der Waals surface area (Å²) in [5.74, 6) is -3.13. The molecule has 2 unspecified atom stereocenters. The normalized spacial score (nSPS) is 14.7. The van der Waals surface area contributed by atoms with Gasteiger partial charge in [0.15, 0.2) is 0 Å². The molecule has 0 aliphatic carbocycles. The van der Waals surface area contributed by atoms with Gasteiger partial charge in [-0.15, -0.1) is 11.3 Å². The number of carbonyl (C=O) groups excluding carboxylic acids is 1. The molecule has 8 heteroatoms. The molecule has 1 aromatic rings. The van der Waals surface area contributed by atoms with E-state index in [2.05, 4.69) is 0 Å². The van der Waals surface area contributed by atoms with Crippen LogP contribution >= 0.6 is 11.3 Å². The van der Waals surface area contributed by atoms with E-state index in [0.717, 1.165) is 0 Å². The molecule has 1 rings (SSSR count). The lowest BCUT2D eigenvalue weighted by molar-refractivity contribution is -0.160. The summed E-state index contributed by atoms with van der Waals surface area (Å²) in [5.41, 5.74) is 0. The molecule has 106 valence electrons. The van der Waals surface area contributed by atoms with Gasteiger partial charge in [0.2, 0.25) is 5.91 Å². The Morgan fingerprint density at radius 2 is 2.11 bits per heavy atom. The summed E-state index contributed by atoms with van der Waals surface area (Å²) in [7, 11) is 0. The number of halogens is 3. The van der Waals surface area contributed by atoms with Crippen molar-refractivity contribution in [3.63, 3.8) is 0 Å². The molecule has 0 saturated carbocycles. The maximum absolute atomic E-state index is 12.2. The highest BCUT2D eigenvalue weighted by Gasteiger charge is 2.36. The zero-order chi connectivity index (χ0) is 14.6. The van der Waals surface area contributed by atoms with Gasteiger partial charge in [-0.25, -0.2) is 4.79 Å². The molecule has 1 aromatic heterocycles. The van der Waals surface area contributed by atoms with Crippen LogP contribution in [0.5, 0.6) is 0 Å². The number of aliphatic carboxylic acids is 1. The third kappa shape index (κ3) is 4.90. The van der Waals surface area contributed by atoms with Crippen molar-refractivity contribution in [1.29, 1.82) is 0 Å². The number of rotatable bonds is 5. The molecule has 1 amide bonds. The first-order chi connectivity index (χ1) is 8.70. The van der Waals surface area contributed by atoms with E-state index in [-0.39, 0.29) is 0 Å². The zero-order valence-corrected chi connectivity index (χ0v) is 10.7. The Morgan fingerprint density at radius 1 is 1.47 bits per heavy atom. The molecule has 0 fully saturated rings. The van der Waals surface area contributed by atoms with Crippen LogP contribution in [0.1, 0.15) is 24.1 Å². The zero-order valence-electron chi connectivity index (χ0n) is 9.90. The molecule has 0 aliphatic heterocycles. The molecule has 0 bridgehead atoms. The summed E-state index contributed by atoms with van der Waals surface area (Å²) in [6, 6.07) is 1.40. The van der Waals surface area contributed by atoms with E-state index in [0.29, 0.717) is 4.88 Å². The van der Waals surface area contributed by atoms with Crippen molar-refractivity contribution in [2.24, 2.45) is 0 Å². The van der Waals surface area contributed by atoms with Crippen LogP contribution in [0.3, 0.4) is 0 Å². The van der Waals surface area contributed by atoms with Gasteiger partial charge in [0, 0.05) is 4.88 Å². The number of carbonyl (C=O) groups is 2. The fraction of sp³-hybridized carbons (Fsp3) is 0.455. The highest BCUT2D eigenvalue weighted by atomic mass is 32.1. The average molecular weight is 295 g/mol. The third-order valence-electron chi connectivity index (χ3n) is 2.41. The minimum Gasteiger partial charge on any atom is -0.480 e. The van der Waals surface area contributed by atoms with Crippen LogP contribution in [0.4, 0.5) is 13.2 Å². The van der Waals surface area contributed by atoms with Crippen LogP contribution in [-0.4, -0.2) is 29.2 Å². The lowest BCUT2D eigenvalue weighted by atomic mass is 10.1. The quantitative estimate of drug-likeness (QED) is 0.876. The van der Waals surface area contributed by atoms with E-state index in [1.165, 1.54) is 18.3 Å². The standard InChI is InChI=1S/C11H12F3NO3S/c1-6(8-3-2-4-19-8)9(16)15-7(10(17)18)5-11(12,13)14/h2-4,6-7H,5H2,1H3,(H,15,16)(H,17,18). The van der Waals surface area contributed by atoms with Crippen LogP contribution in [0.2, 0.25) is 0 Å². The number of hydrogen-bond acceptors (Lipinski definition) is 3. The maximum Gasteiger partial charge on any atom is 0.391 e. The van der Waals surface area contributed by atoms with Crippen LogP contribution in [0.25, 0.3) is 0 Å². The van der Waals surface area contributed by atoms with Gasteiger partial charge in [-0.3, -0.25) is 4.79 Å². The summed E-state index contributed by atoms with van der Waals surface area (Å²) in [4.78, 5) is 23.1. The van der Waals surface area contributed by atoms with E-state index in [1.807, 2.05) is 5.32 Å². The fourth-order valence-corrected chi connectivity index (χ4v) is 2.18. The van der Waals surface area contributed by atoms with Crippen molar-refractivity contribution in [3.8, 4) is 0 Å². The predicted molar refractivity (Wildman–Crippen MR) is 63.0 cm³/mol. The number of alkyl halides is 3. The lowest BCUT2D eigenvalue weighted by Crippen LogP contribution is -2.45. The van der Waals surface area contributed by atoms with Crippen LogP contribution in [0, 0.1) is 0 Å². The van der Waals surface area contributed by atoms with Gasteiger partial charge in [0.25, 0.3) is 0 Å². The highest BCUT2D eigenvalue weighted by molar-refractivity contribution is 7.10. The Kier molecular flexibility index (Phi) is 4.93. The largest absolute Gasteiger partial charge is 0.480 e. The first-order valence-corrected chi connectivity index (χ1v) is 6.22. The van der Waals surface area contributed by atoms with E-state index < -0.39 is 36.4 Å². The van der Waals surface area contributed by atoms with Gasteiger partial charge >= 0.3 is 12.1 Å². The molecule has 0 saturated heterocycles. The van der Waals surface area contributed by atoms with Gasteiger partial charge in [0.05, 0.1) is 12.3 Å². The molecule has 0 radical (unpaired) electrons. The maximum atomic E-state index is 12.2. The topological polar surface area (TPSA) is 66.4 Å².